The highest BCUT2D eigenvalue weighted by atomic mass is 16.2. The van der Waals surface area contributed by atoms with Crippen molar-refractivity contribution >= 4 is 5.91 Å². The Morgan fingerprint density at radius 2 is 2.00 bits per heavy atom. The molecular formula is C18H24N4O. The molecule has 1 atom stereocenters. The summed E-state index contributed by atoms with van der Waals surface area (Å²) in [6.45, 7) is 7.14. The molecule has 5 nitrogen and oxygen atoms in total. The van der Waals surface area contributed by atoms with Crippen LogP contribution in [0, 0.1) is 6.92 Å². The first-order valence-corrected chi connectivity index (χ1v) is 8.19. The Hall–Kier alpha value is -2.14. The molecule has 0 bridgehead atoms. The number of aromatic nitrogens is 2. The number of hydrogen-bond acceptors (Lipinski definition) is 3. The number of carbonyl (C=O) groups excluding carboxylic acids is 1. The first kappa shape index (κ1) is 15.7. The van der Waals surface area contributed by atoms with Crippen LogP contribution >= 0.6 is 0 Å². The molecule has 1 fully saturated rings. The lowest BCUT2D eigenvalue weighted by Crippen LogP contribution is -2.49. The summed E-state index contributed by atoms with van der Waals surface area (Å²) in [7, 11) is 2.12. The van der Waals surface area contributed by atoms with Crippen LogP contribution in [0.5, 0.6) is 0 Å². The van der Waals surface area contributed by atoms with Crippen LogP contribution in [0.3, 0.4) is 0 Å². The molecule has 1 aromatic heterocycles. The molecule has 0 unspecified atom stereocenters. The minimum absolute atomic E-state index is 0.0364. The van der Waals surface area contributed by atoms with E-state index in [-0.39, 0.29) is 11.9 Å². The second-order valence-electron chi connectivity index (χ2n) is 6.14. The van der Waals surface area contributed by atoms with Gasteiger partial charge in [0.05, 0.1) is 6.04 Å². The van der Waals surface area contributed by atoms with Gasteiger partial charge in [-0.3, -0.25) is 14.4 Å². The minimum atomic E-state index is 0.0364. The van der Waals surface area contributed by atoms with Gasteiger partial charge in [-0.15, -0.1) is 0 Å². The zero-order chi connectivity index (χ0) is 16.4. The summed E-state index contributed by atoms with van der Waals surface area (Å²) in [5.41, 5.74) is 2.84. The number of likely N-dealkylation sites (N-methyl/N-ethyl adjacent to an activating group) is 1. The average Bonchev–Trinajstić information content (AvgIpc) is 2.96. The van der Waals surface area contributed by atoms with E-state index >= 15 is 0 Å². The molecule has 5 heteroatoms. The van der Waals surface area contributed by atoms with Gasteiger partial charge in [0.1, 0.15) is 0 Å². The van der Waals surface area contributed by atoms with Gasteiger partial charge in [0, 0.05) is 31.9 Å². The number of benzene rings is 1. The maximum atomic E-state index is 12.8. The molecule has 1 amide bonds. The van der Waals surface area contributed by atoms with E-state index in [0.717, 1.165) is 25.3 Å². The minimum Gasteiger partial charge on any atom is -0.334 e. The summed E-state index contributed by atoms with van der Waals surface area (Å²) in [5.74, 6) is 0.0364. The number of rotatable bonds is 3. The Morgan fingerprint density at radius 3 is 2.65 bits per heavy atom. The molecular weight excluding hydrogens is 288 g/mol. The number of aryl methyl sites for hydroxylation is 2. The summed E-state index contributed by atoms with van der Waals surface area (Å²) >= 11 is 0. The average molecular weight is 312 g/mol. The number of piperazine rings is 1. The molecule has 0 N–H and O–H groups in total. The Labute approximate surface area is 137 Å². The van der Waals surface area contributed by atoms with Crippen LogP contribution in [-0.4, -0.2) is 52.2 Å². The van der Waals surface area contributed by atoms with Crippen LogP contribution in [0.25, 0.3) is 0 Å². The van der Waals surface area contributed by atoms with E-state index in [0.29, 0.717) is 12.2 Å². The van der Waals surface area contributed by atoms with E-state index < -0.39 is 0 Å². The van der Waals surface area contributed by atoms with E-state index in [1.807, 2.05) is 35.6 Å². The summed E-state index contributed by atoms with van der Waals surface area (Å²) in [5, 5.41) is 4.43. The molecule has 0 radical (unpaired) electrons. The molecule has 3 rings (SSSR count). The quantitative estimate of drug-likeness (QED) is 0.873. The summed E-state index contributed by atoms with van der Waals surface area (Å²) < 4.78 is 1.87. The summed E-state index contributed by atoms with van der Waals surface area (Å²) in [4.78, 5) is 17.0. The van der Waals surface area contributed by atoms with E-state index in [4.69, 9.17) is 0 Å². The van der Waals surface area contributed by atoms with Gasteiger partial charge in [-0.25, -0.2) is 0 Å². The predicted molar refractivity (Wildman–Crippen MR) is 90.4 cm³/mol. The number of amides is 1. The van der Waals surface area contributed by atoms with Crippen molar-refractivity contribution in [2.24, 2.45) is 0 Å². The van der Waals surface area contributed by atoms with Crippen LogP contribution in [0.15, 0.2) is 36.4 Å². The second kappa shape index (κ2) is 6.54. The molecule has 2 aromatic rings. The molecule has 1 aromatic carbocycles. The number of carbonyl (C=O) groups is 1. The largest absolute Gasteiger partial charge is 0.334 e. The third-order valence-electron chi connectivity index (χ3n) is 4.62. The van der Waals surface area contributed by atoms with E-state index in [9.17, 15) is 4.79 Å². The van der Waals surface area contributed by atoms with Crippen LogP contribution in [-0.2, 0) is 6.54 Å². The first-order valence-electron chi connectivity index (χ1n) is 8.19. The van der Waals surface area contributed by atoms with Crippen LogP contribution in [0.2, 0.25) is 0 Å². The van der Waals surface area contributed by atoms with E-state index in [2.05, 4.69) is 41.3 Å². The van der Waals surface area contributed by atoms with Gasteiger partial charge < -0.3 is 4.90 Å². The van der Waals surface area contributed by atoms with Crippen molar-refractivity contribution in [3.63, 3.8) is 0 Å². The van der Waals surface area contributed by atoms with Crippen LogP contribution in [0.1, 0.15) is 34.7 Å². The lowest BCUT2D eigenvalue weighted by atomic mass is 10.0. The summed E-state index contributed by atoms with van der Waals surface area (Å²) in [6, 6.07) is 12.5. The van der Waals surface area contributed by atoms with Crippen LogP contribution < -0.4 is 0 Å². The van der Waals surface area contributed by atoms with Crippen molar-refractivity contribution in [3.8, 4) is 0 Å². The maximum absolute atomic E-state index is 12.8. The first-order chi connectivity index (χ1) is 11.1. The fourth-order valence-corrected chi connectivity index (χ4v) is 3.19. The SMILES string of the molecule is CCn1nc(C(=O)N2CCN(C)[C@@H](c3ccccc3)C2)cc1C. The fraction of sp³-hybridized carbons (Fsp3) is 0.444. The molecule has 23 heavy (non-hydrogen) atoms. The topological polar surface area (TPSA) is 41.4 Å². The van der Waals surface area contributed by atoms with Gasteiger partial charge in [-0.2, -0.15) is 5.10 Å². The van der Waals surface area contributed by atoms with Gasteiger partial charge in [-0.05, 0) is 32.5 Å². The van der Waals surface area contributed by atoms with Crippen molar-refractivity contribution < 1.29 is 4.79 Å². The lowest BCUT2D eigenvalue weighted by molar-refractivity contribution is 0.0540. The Bertz CT molecular complexity index is 680. The zero-order valence-electron chi connectivity index (χ0n) is 14.1. The molecule has 0 saturated carbocycles. The third-order valence-corrected chi connectivity index (χ3v) is 4.62. The predicted octanol–water partition coefficient (Wildman–Crippen LogP) is 2.34. The van der Waals surface area contributed by atoms with Crippen molar-refractivity contribution in [1.82, 2.24) is 19.6 Å². The highest BCUT2D eigenvalue weighted by Gasteiger charge is 2.29. The molecule has 2 heterocycles. The highest BCUT2D eigenvalue weighted by molar-refractivity contribution is 5.92. The van der Waals surface area contributed by atoms with Gasteiger partial charge >= 0.3 is 0 Å². The van der Waals surface area contributed by atoms with E-state index in [1.165, 1.54) is 5.56 Å². The van der Waals surface area contributed by atoms with Crippen molar-refractivity contribution in [1.29, 1.82) is 0 Å². The van der Waals surface area contributed by atoms with Gasteiger partial charge in [0.2, 0.25) is 0 Å². The van der Waals surface area contributed by atoms with Crippen LogP contribution in [0.4, 0.5) is 0 Å². The Morgan fingerprint density at radius 1 is 1.26 bits per heavy atom. The van der Waals surface area contributed by atoms with Gasteiger partial charge in [-0.1, -0.05) is 30.3 Å². The lowest BCUT2D eigenvalue weighted by Gasteiger charge is -2.39. The Kier molecular flexibility index (Phi) is 4.48. The second-order valence-corrected chi connectivity index (χ2v) is 6.14. The van der Waals surface area contributed by atoms with Crippen molar-refractivity contribution in [3.05, 3.63) is 53.3 Å². The zero-order valence-corrected chi connectivity index (χ0v) is 14.1. The summed E-state index contributed by atoms with van der Waals surface area (Å²) in [6.07, 6.45) is 0. The molecule has 0 aliphatic carbocycles. The molecule has 1 saturated heterocycles. The third kappa shape index (κ3) is 3.15. The van der Waals surface area contributed by atoms with Gasteiger partial charge in [0.15, 0.2) is 5.69 Å². The van der Waals surface area contributed by atoms with Crippen molar-refractivity contribution in [2.45, 2.75) is 26.4 Å². The monoisotopic (exact) mass is 312 g/mol. The van der Waals surface area contributed by atoms with Crippen molar-refractivity contribution in [2.75, 3.05) is 26.7 Å². The Balaban J connectivity index is 1.79. The normalized spacial score (nSPS) is 19.1. The number of nitrogens with zero attached hydrogens (tertiary/aromatic N) is 4. The molecule has 1 aliphatic rings. The number of hydrogen-bond donors (Lipinski definition) is 0. The molecule has 122 valence electrons. The standard InChI is InChI=1S/C18H24N4O/c1-4-22-14(2)12-16(19-22)18(23)21-11-10-20(3)17(13-21)15-8-6-5-7-9-15/h5-9,12,17H,4,10-11,13H2,1-3H3/t17-/m1/s1. The highest BCUT2D eigenvalue weighted by Crippen LogP contribution is 2.24. The van der Waals surface area contributed by atoms with Gasteiger partial charge in [0.25, 0.3) is 5.91 Å². The molecule has 1 aliphatic heterocycles. The maximum Gasteiger partial charge on any atom is 0.274 e. The van der Waals surface area contributed by atoms with E-state index in [1.54, 1.807) is 0 Å². The smallest absolute Gasteiger partial charge is 0.274 e. The fourth-order valence-electron chi connectivity index (χ4n) is 3.19. The molecule has 0 spiro atoms.